The van der Waals surface area contributed by atoms with Crippen molar-refractivity contribution in [3.63, 3.8) is 0 Å². The van der Waals surface area contributed by atoms with Gasteiger partial charge < -0.3 is 10.4 Å². The quantitative estimate of drug-likeness (QED) is 0.784. The lowest BCUT2D eigenvalue weighted by atomic mass is 10.0. The second-order valence-electron chi connectivity index (χ2n) is 5.34. The molecule has 0 aliphatic heterocycles. The molecule has 2 N–H and O–H groups in total. The van der Waals surface area contributed by atoms with Gasteiger partial charge in [0.2, 0.25) is 0 Å². The van der Waals surface area contributed by atoms with E-state index in [1.165, 1.54) is 0 Å². The average Bonchev–Trinajstić information content (AvgIpc) is 2.82. The van der Waals surface area contributed by atoms with Crippen molar-refractivity contribution in [2.75, 3.05) is 6.54 Å². The van der Waals surface area contributed by atoms with E-state index < -0.39 is 5.76 Å². The predicted molar refractivity (Wildman–Crippen MR) is 78.1 cm³/mol. The second kappa shape index (κ2) is 7.38. The molecule has 0 aromatic heterocycles. The molecule has 0 radical (unpaired) electrons. The van der Waals surface area contributed by atoms with E-state index in [0.29, 0.717) is 22.6 Å². The average molecular weight is 301 g/mol. The van der Waals surface area contributed by atoms with Crippen molar-refractivity contribution in [3.05, 3.63) is 29.8 Å². The monoisotopic (exact) mass is 301 g/mol. The first kappa shape index (κ1) is 15.7. The first-order valence-corrected chi connectivity index (χ1v) is 7.90. The minimum absolute atomic E-state index is 0.161. The van der Waals surface area contributed by atoms with Crippen molar-refractivity contribution in [2.45, 2.75) is 49.0 Å². The molecule has 5 heteroatoms. The molecular formula is C15H21F2NOS. The smallest absolute Gasteiger partial charge is 0.288 e. The van der Waals surface area contributed by atoms with Gasteiger partial charge in [-0.05, 0) is 43.4 Å². The van der Waals surface area contributed by atoms with E-state index in [1.807, 2.05) is 12.1 Å². The maximum atomic E-state index is 12.2. The molecule has 1 fully saturated rings. The van der Waals surface area contributed by atoms with E-state index in [4.69, 9.17) is 0 Å². The Bertz CT molecular complexity index is 413. The number of alkyl halides is 2. The Kier molecular flexibility index (Phi) is 5.81. The number of rotatable bonds is 6. The number of hydrogen-bond donors (Lipinski definition) is 2. The van der Waals surface area contributed by atoms with Gasteiger partial charge >= 0.3 is 0 Å². The van der Waals surface area contributed by atoms with Crippen molar-refractivity contribution in [3.8, 4) is 0 Å². The molecule has 0 amide bonds. The van der Waals surface area contributed by atoms with Crippen molar-refractivity contribution in [2.24, 2.45) is 5.92 Å². The van der Waals surface area contributed by atoms with Gasteiger partial charge in [-0.2, -0.15) is 8.78 Å². The number of hydrogen-bond acceptors (Lipinski definition) is 3. The molecule has 0 heterocycles. The Hall–Kier alpha value is -0.650. The van der Waals surface area contributed by atoms with Crippen LogP contribution in [0.5, 0.6) is 0 Å². The number of thioether (sulfide) groups is 1. The second-order valence-corrected chi connectivity index (χ2v) is 6.40. The Morgan fingerprint density at radius 3 is 2.55 bits per heavy atom. The predicted octanol–water partition coefficient (Wildman–Crippen LogP) is 3.81. The molecule has 112 valence electrons. The summed E-state index contributed by atoms with van der Waals surface area (Å²) >= 11 is 0.566. The number of aliphatic hydroxyl groups is 1. The van der Waals surface area contributed by atoms with Crippen LogP contribution >= 0.6 is 11.8 Å². The standard InChI is InChI=1S/C15H21F2NOS/c1-10(18-9-12-3-2-4-14(12)19)11-5-7-13(8-6-11)20-15(16)17/h5-8,10,12,14-15,18-19H,2-4,9H2,1H3. The Labute approximate surface area is 123 Å². The van der Waals surface area contributed by atoms with Crippen LogP contribution in [0.3, 0.4) is 0 Å². The number of nitrogens with one attached hydrogen (secondary N) is 1. The number of aliphatic hydroxyl groups excluding tert-OH is 1. The normalized spacial score (nSPS) is 24.2. The minimum Gasteiger partial charge on any atom is -0.393 e. The minimum atomic E-state index is -2.37. The van der Waals surface area contributed by atoms with Crippen LogP contribution < -0.4 is 5.32 Å². The molecule has 1 aromatic carbocycles. The highest BCUT2D eigenvalue weighted by Crippen LogP contribution is 2.27. The summed E-state index contributed by atoms with van der Waals surface area (Å²) in [7, 11) is 0. The third-order valence-electron chi connectivity index (χ3n) is 3.91. The van der Waals surface area contributed by atoms with Crippen molar-refractivity contribution >= 4 is 11.8 Å². The van der Waals surface area contributed by atoms with Gasteiger partial charge in [0.1, 0.15) is 0 Å². The SMILES string of the molecule is CC(NCC1CCCC1O)c1ccc(SC(F)F)cc1. The molecule has 2 rings (SSSR count). The molecular weight excluding hydrogens is 280 g/mol. The first-order valence-electron chi connectivity index (χ1n) is 7.02. The van der Waals surface area contributed by atoms with E-state index >= 15 is 0 Å². The van der Waals surface area contributed by atoms with E-state index in [0.717, 1.165) is 31.4 Å². The van der Waals surface area contributed by atoms with E-state index in [2.05, 4.69) is 12.2 Å². The highest BCUT2D eigenvalue weighted by molar-refractivity contribution is 7.99. The topological polar surface area (TPSA) is 32.3 Å². The van der Waals surface area contributed by atoms with Gasteiger partial charge in [-0.3, -0.25) is 0 Å². The van der Waals surface area contributed by atoms with Crippen LogP contribution in [0.1, 0.15) is 37.8 Å². The fourth-order valence-corrected chi connectivity index (χ4v) is 3.14. The van der Waals surface area contributed by atoms with E-state index in [-0.39, 0.29) is 12.1 Å². The van der Waals surface area contributed by atoms with Crippen LogP contribution in [0.2, 0.25) is 0 Å². The molecule has 1 aromatic rings. The molecule has 0 bridgehead atoms. The lowest BCUT2D eigenvalue weighted by molar-refractivity contribution is 0.130. The van der Waals surface area contributed by atoms with Crippen LogP contribution in [0, 0.1) is 5.92 Å². The fraction of sp³-hybridized carbons (Fsp3) is 0.600. The summed E-state index contributed by atoms with van der Waals surface area (Å²) in [6.07, 6.45) is 2.89. The van der Waals surface area contributed by atoms with Crippen LogP contribution in [0.4, 0.5) is 8.78 Å². The molecule has 1 aliphatic carbocycles. The summed E-state index contributed by atoms with van der Waals surface area (Å²) < 4.78 is 24.5. The number of halogens is 2. The summed E-state index contributed by atoms with van der Waals surface area (Å²) in [5, 5.41) is 13.2. The Morgan fingerprint density at radius 1 is 1.30 bits per heavy atom. The van der Waals surface area contributed by atoms with E-state index in [1.54, 1.807) is 12.1 Å². The summed E-state index contributed by atoms with van der Waals surface area (Å²) in [6, 6.07) is 7.39. The third kappa shape index (κ3) is 4.43. The summed E-state index contributed by atoms with van der Waals surface area (Å²) in [5.41, 5.74) is 1.08. The zero-order valence-electron chi connectivity index (χ0n) is 11.6. The molecule has 1 aliphatic rings. The largest absolute Gasteiger partial charge is 0.393 e. The highest BCUT2D eigenvalue weighted by atomic mass is 32.2. The molecule has 1 saturated carbocycles. The fourth-order valence-electron chi connectivity index (χ4n) is 2.64. The van der Waals surface area contributed by atoms with E-state index in [9.17, 15) is 13.9 Å². The van der Waals surface area contributed by atoms with Gasteiger partial charge in [0.25, 0.3) is 5.76 Å². The maximum Gasteiger partial charge on any atom is 0.288 e. The van der Waals surface area contributed by atoms with Gasteiger partial charge in [0, 0.05) is 17.5 Å². The summed E-state index contributed by atoms with van der Waals surface area (Å²) in [4.78, 5) is 0.585. The molecule has 20 heavy (non-hydrogen) atoms. The first-order chi connectivity index (χ1) is 9.56. The van der Waals surface area contributed by atoms with Gasteiger partial charge in [-0.1, -0.05) is 30.3 Å². The molecule has 3 unspecified atom stereocenters. The van der Waals surface area contributed by atoms with Gasteiger partial charge in [0.05, 0.1) is 6.10 Å². The van der Waals surface area contributed by atoms with Crippen LogP contribution in [-0.4, -0.2) is 23.5 Å². The lowest BCUT2D eigenvalue weighted by Crippen LogP contribution is -2.29. The Balaban J connectivity index is 1.84. The maximum absolute atomic E-state index is 12.2. The van der Waals surface area contributed by atoms with Gasteiger partial charge in [-0.25, -0.2) is 0 Å². The van der Waals surface area contributed by atoms with Crippen LogP contribution in [0.25, 0.3) is 0 Å². The highest BCUT2D eigenvalue weighted by Gasteiger charge is 2.25. The van der Waals surface area contributed by atoms with Gasteiger partial charge in [0.15, 0.2) is 0 Å². The van der Waals surface area contributed by atoms with Crippen molar-refractivity contribution < 1.29 is 13.9 Å². The third-order valence-corrected chi connectivity index (χ3v) is 4.63. The molecule has 0 spiro atoms. The molecule has 0 saturated heterocycles. The molecule has 2 nitrogen and oxygen atoms in total. The van der Waals surface area contributed by atoms with Crippen LogP contribution in [-0.2, 0) is 0 Å². The zero-order chi connectivity index (χ0) is 14.5. The lowest BCUT2D eigenvalue weighted by Gasteiger charge is -2.20. The van der Waals surface area contributed by atoms with Crippen molar-refractivity contribution in [1.82, 2.24) is 5.32 Å². The molecule has 3 atom stereocenters. The van der Waals surface area contributed by atoms with Gasteiger partial charge in [-0.15, -0.1) is 0 Å². The summed E-state index contributed by atoms with van der Waals surface area (Å²) in [5.74, 6) is -2.04. The Morgan fingerprint density at radius 2 is 2.00 bits per heavy atom. The summed E-state index contributed by atoms with van der Waals surface area (Å²) in [6.45, 7) is 2.85. The van der Waals surface area contributed by atoms with Crippen molar-refractivity contribution in [1.29, 1.82) is 0 Å². The zero-order valence-corrected chi connectivity index (χ0v) is 12.4. The number of benzene rings is 1. The van der Waals surface area contributed by atoms with Crippen LogP contribution in [0.15, 0.2) is 29.2 Å².